The van der Waals surface area contributed by atoms with Crippen molar-refractivity contribution in [3.8, 4) is 0 Å². The fraction of sp³-hybridized carbons (Fsp3) is 0.800. The van der Waals surface area contributed by atoms with Crippen molar-refractivity contribution in [3.63, 3.8) is 0 Å². The Balaban J connectivity index is 4.02. The molecule has 0 aromatic carbocycles. The second-order valence-electron chi connectivity index (χ2n) is 4.12. The molecule has 0 aromatic rings. The summed E-state index contributed by atoms with van der Waals surface area (Å²) in [5.74, 6) is 0. The molecule has 0 amide bonds. The van der Waals surface area contributed by atoms with Crippen LogP contribution in [0.2, 0.25) is 0 Å². The van der Waals surface area contributed by atoms with E-state index in [0.717, 1.165) is 13.0 Å². The maximum atomic E-state index is 5.16. The summed E-state index contributed by atoms with van der Waals surface area (Å²) in [5, 5.41) is 0. The van der Waals surface area contributed by atoms with Gasteiger partial charge in [0.05, 0.1) is 6.73 Å². The molecule has 0 fully saturated rings. The Morgan fingerprint density at radius 1 is 1.46 bits per heavy atom. The molecule has 2 nitrogen and oxygen atoms in total. The first-order valence-electron chi connectivity index (χ1n) is 4.45. The van der Waals surface area contributed by atoms with Crippen molar-refractivity contribution in [1.29, 1.82) is 0 Å². The van der Waals surface area contributed by atoms with Gasteiger partial charge in [0.25, 0.3) is 0 Å². The Hall–Kier alpha value is 0.390. The van der Waals surface area contributed by atoms with Crippen LogP contribution in [-0.2, 0) is 4.74 Å². The second kappa shape index (κ2) is 5.98. The molecule has 13 heavy (non-hydrogen) atoms. The quantitative estimate of drug-likeness (QED) is 0.571. The summed E-state index contributed by atoms with van der Waals surface area (Å²) in [7, 11) is 1.73. The average Bonchev–Trinajstić information content (AvgIpc) is 1.95. The van der Waals surface area contributed by atoms with Crippen molar-refractivity contribution in [2.45, 2.75) is 32.7 Å². The summed E-state index contributed by atoms with van der Waals surface area (Å²) >= 11 is 2.27. The van der Waals surface area contributed by atoms with Crippen LogP contribution in [0, 0.1) is 0 Å². The number of ether oxygens (including phenoxy) is 1. The molecular weight excluding hydrogens is 277 g/mol. The van der Waals surface area contributed by atoms with E-state index in [1.807, 2.05) is 0 Å². The normalized spacial score (nSPS) is 12.2. The number of nitrogens with zero attached hydrogens (tertiary/aromatic N) is 1. The molecule has 0 unspecified atom stereocenters. The van der Waals surface area contributed by atoms with Crippen molar-refractivity contribution >= 4 is 22.6 Å². The fourth-order valence-electron chi connectivity index (χ4n) is 1.01. The van der Waals surface area contributed by atoms with Gasteiger partial charge in [-0.15, -0.1) is 0 Å². The molecule has 0 heterocycles. The number of rotatable bonds is 5. The van der Waals surface area contributed by atoms with Crippen molar-refractivity contribution in [2.24, 2.45) is 0 Å². The third kappa shape index (κ3) is 6.46. The van der Waals surface area contributed by atoms with Crippen LogP contribution in [0.25, 0.3) is 0 Å². The predicted molar refractivity (Wildman–Crippen MR) is 66.1 cm³/mol. The highest BCUT2D eigenvalue weighted by atomic mass is 127. The zero-order valence-electron chi connectivity index (χ0n) is 9.06. The Bertz CT molecular complexity index is 163. The summed E-state index contributed by atoms with van der Waals surface area (Å²) < 4.78 is 6.35. The Labute approximate surface area is 95.5 Å². The van der Waals surface area contributed by atoms with E-state index in [2.05, 4.69) is 54.8 Å². The SMILES string of the molecule is C=C(I)CCN(COC)C(C)(C)C. The first-order valence-corrected chi connectivity index (χ1v) is 5.53. The average molecular weight is 297 g/mol. The highest BCUT2D eigenvalue weighted by Crippen LogP contribution is 2.16. The van der Waals surface area contributed by atoms with Crippen LogP contribution in [0.3, 0.4) is 0 Å². The molecule has 0 rings (SSSR count). The van der Waals surface area contributed by atoms with E-state index in [1.54, 1.807) is 7.11 Å². The van der Waals surface area contributed by atoms with Crippen LogP contribution in [0.1, 0.15) is 27.2 Å². The molecule has 0 aliphatic heterocycles. The highest BCUT2D eigenvalue weighted by molar-refractivity contribution is 14.1. The van der Waals surface area contributed by atoms with Gasteiger partial charge in [0.15, 0.2) is 0 Å². The molecule has 0 aliphatic rings. The first-order chi connectivity index (χ1) is 5.88. The second-order valence-corrected chi connectivity index (χ2v) is 5.64. The number of halogens is 1. The van der Waals surface area contributed by atoms with Gasteiger partial charge in [-0.3, -0.25) is 4.90 Å². The van der Waals surface area contributed by atoms with Gasteiger partial charge in [0.2, 0.25) is 0 Å². The van der Waals surface area contributed by atoms with Crippen LogP contribution in [0.5, 0.6) is 0 Å². The van der Waals surface area contributed by atoms with Gasteiger partial charge in [-0.1, -0.05) is 6.58 Å². The van der Waals surface area contributed by atoms with Gasteiger partial charge in [-0.25, -0.2) is 0 Å². The van der Waals surface area contributed by atoms with Crippen molar-refractivity contribution in [1.82, 2.24) is 4.90 Å². The van der Waals surface area contributed by atoms with Crippen LogP contribution in [-0.4, -0.2) is 30.8 Å². The molecule has 3 heteroatoms. The van der Waals surface area contributed by atoms with Crippen LogP contribution >= 0.6 is 22.6 Å². The molecule has 0 bridgehead atoms. The molecule has 0 saturated heterocycles. The Kier molecular flexibility index (Phi) is 6.16. The van der Waals surface area contributed by atoms with E-state index in [0.29, 0.717) is 6.73 Å². The van der Waals surface area contributed by atoms with Crippen molar-refractivity contribution < 1.29 is 4.74 Å². The molecule has 0 saturated carbocycles. The predicted octanol–water partition coefficient (Wildman–Crippen LogP) is 3.03. The molecule has 0 spiro atoms. The minimum absolute atomic E-state index is 0.169. The standard InChI is InChI=1S/C10H20INO/c1-9(11)6-7-12(8-13-5)10(2,3)4/h1,6-8H2,2-5H3. The fourth-order valence-corrected chi connectivity index (χ4v) is 1.25. The molecule has 0 aromatic heterocycles. The summed E-state index contributed by atoms with van der Waals surface area (Å²) in [6.45, 7) is 12.2. The lowest BCUT2D eigenvalue weighted by molar-refractivity contribution is 0.00674. The molecule has 0 N–H and O–H groups in total. The number of hydrogen-bond donors (Lipinski definition) is 0. The van der Waals surface area contributed by atoms with Gasteiger partial charge < -0.3 is 4.74 Å². The molecule has 0 aliphatic carbocycles. The minimum atomic E-state index is 0.169. The largest absolute Gasteiger partial charge is 0.369 e. The third-order valence-electron chi connectivity index (χ3n) is 1.89. The molecule has 78 valence electrons. The van der Waals surface area contributed by atoms with E-state index in [4.69, 9.17) is 4.74 Å². The lowest BCUT2D eigenvalue weighted by Crippen LogP contribution is -2.43. The van der Waals surface area contributed by atoms with Crippen molar-refractivity contribution in [2.75, 3.05) is 20.4 Å². The summed E-state index contributed by atoms with van der Waals surface area (Å²) in [4.78, 5) is 2.30. The molecule has 0 atom stereocenters. The van der Waals surface area contributed by atoms with E-state index >= 15 is 0 Å². The van der Waals surface area contributed by atoms with E-state index in [1.165, 1.54) is 3.58 Å². The monoisotopic (exact) mass is 297 g/mol. The zero-order valence-corrected chi connectivity index (χ0v) is 11.2. The topological polar surface area (TPSA) is 12.5 Å². The minimum Gasteiger partial charge on any atom is -0.369 e. The summed E-state index contributed by atoms with van der Waals surface area (Å²) in [6.07, 6.45) is 1.03. The Morgan fingerprint density at radius 3 is 2.31 bits per heavy atom. The first kappa shape index (κ1) is 13.4. The molecular formula is C10H20INO. The van der Waals surface area contributed by atoms with E-state index in [-0.39, 0.29) is 5.54 Å². The number of hydrogen-bond acceptors (Lipinski definition) is 2. The maximum absolute atomic E-state index is 5.16. The van der Waals surface area contributed by atoms with E-state index in [9.17, 15) is 0 Å². The lowest BCUT2D eigenvalue weighted by Gasteiger charge is -2.34. The zero-order chi connectivity index (χ0) is 10.5. The summed E-state index contributed by atoms with van der Waals surface area (Å²) in [5.41, 5.74) is 0.169. The van der Waals surface area contributed by atoms with E-state index < -0.39 is 0 Å². The maximum Gasteiger partial charge on any atom is 0.0990 e. The van der Waals surface area contributed by atoms with Gasteiger partial charge in [-0.05, 0) is 53.4 Å². The summed E-state index contributed by atoms with van der Waals surface area (Å²) in [6, 6.07) is 0. The molecule has 0 radical (unpaired) electrons. The van der Waals surface area contributed by atoms with Gasteiger partial charge in [-0.2, -0.15) is 0 Å². The van der Waals surface area contributed by atoms with Gasteiger partial charge in [0.1, 0.15) is 0 Å². The highest BCUT2D eigenvalue weighted by Gasteiger charge is 2.20. The van der Waals surface area contributed by atoms with Crippen LogP contribution in [0.15, 0.2) is 10.2 Å². The van der Waals surface area contributed by atoms with Crippen LogP contribution in [0.4, 0.5) is 0 Å². The smallest absolute Gasteiger partial charge is 0.0990 e. The van der Waals surface area contributed by atoms with Gasteiger partial charge >= 0.3 is 0 Å². The number of methoxy groups -OCH3 is 1. The van der Waals surface area contributed by atoms with Crippen LogP contribution < -0.4 is 0 Å². The third-order valence-corrected chi connectivity index (χ3v) is 2.43. The Morgan fingerprint density at radius 2 is 2.00 bits per heavy atom. The van der Waals surface area contributed by atoms with Crippen molar-refractivity contribution in [3.05, 3.63) is 10.2 Å². The van der Waals surface area contributed by atoms with Gasteiger partial charge in [0, 0.05) is 19.2 Å². The lowest BCUT2D eigenvalue weighted by atomic mass is 10.1.